The molecule has 0 aliphatic carbocycles. The Morgan fingerprint density at radius 1 is 1.17 bits per heavy atom. The van der Waals surface area contributed by atoms with Gasteiger partial charge in [0.1, 0.15) is 5.52 Å². The third-order valence-corrected chi connectivity index (χ3v) is 4.36. The smallest absolute Gasteiger partial charge is 0.220 e. The lowest BCUT2D eigenvalue weighted by Gasteiger charge is -2.08. The molecule has 0 radical (unpaired) electrons. The molecule has 0 N–H and O–H groups in total. The summed E-state index contributed by atoms with van der Waals surface area (Å²) in [6.45, 7) is 4.06. The van der Waals surface area contributed by atoms with Crippen molar-refractivity contribution in [1.29, 1.82) is 0 Å². The molecule has 0 atom stereocenters. The van der Waals surface area contributed by atoms with Gasteiger partial charge in [0.25, 0.3) is 0 Å². The minimum Gasteiger partial charge on any atom is -0.481 e. The predicted molar refractivity (Wildman–Crippen MR) is 97.9 cm³/mol. The summed E-state index contributed by atoms with van der Waals surface area (Å²) in [4.78, 5) is 8.85. The van der Waals surface area contributed by atoms with E-state index in [1.54, 1.807) is 25.3 Å². The summed E-state index contributed by atoms with van der Waals surface area (Å²) < 4.78 is 11.0. The van der Waals surface area contributed by atoms with E-state index in [2.05, 4.69) is 23.0 Å². The van der Waals surface area contributed by atoms with Gasteiger partial charge in [-0.2, -0.15) is 0 Å². The fraction of sp³-hybridized carbons (Fsp3) is 0.222. The molecule has 2 aromatic heterocycles. The summed E-state index contributed by atoms with van der Waals surface area (Å²) in [6.07, 6.45) is 4.51. The number of ether oxygens (including phenoxy) is 1. The molecule has 0 amide bonds. The average Bonchev–Trinajstić information content (AvgIpc) is 3.02. The van der Waals surface area contributed by atoms with Gasteiger partial charge in [0.15, 0.2) is 5.58 Å². The normalized spacial score (nSPS) is 11.5. The maximum absolute atomic E-state index is 6.13. The van der Waals surface area contributed by atoms with E-state index in [1.807, 2.05) is 13.0 Å². The SMILES string of the molecule is CCc1cc(/C=C\c2nc3c(Cl)ccc(Cl)c3o2)c(OC)nc1C. The van der Waals surface area contributed by atoms with Crippen molar-refractivity contribution in [3.8, 4) is 5.88 Å². The molecule has 3 rings (SSSR count). The molecule has 0 unspecified atom stereocenters. The topological polar surface area (TPSA) is 48.2 Å². The maximum atomic E-state index is 6.13. The van der Waals surface area contributed by atoms with E-state index in [0.29, 0.717) is 32.9 Å². The Balaban J connectivity index is 2.02. The van der Waals surface area contributed by atoms with Gasteiger partial charge in [0.2, 0.25) is 11.8 Å². The second-order valence-corrected chi connectivity index (χ2v) is 6.09. The zero-order valence-corrected chi connectivity index (χ0v) is 15.1. The molecule has 1 aromatic carbocycles. The first-order valence-corrected chi connectivity index (χ1v) is 8.26. The van der Waals surface area contributed by atoms with Crippen LogP contribution in [0.4, 0.5) is 0 Å². The van der Waals surface area contributed by atoms with Crippen LogP contribution in [0, 0.1) is 6.92 Å². The zero-order valence-electron chi connectivity index (χ0n) is 13.6. The van der Waals surface area contributed by atoms with Crippen molar-refractivity contribution in [3.05, 3.63) is 51.0 Å². The molecule has 0 aliphatic rings. The standard InChI is InChI=1S/C18H16Cl2N2O2/c1-4-11-9-12(18(23-3)21-10(11)2)5-8-15-22-16-13(19)6-7-14(20)17(16)24-15/h5-9H,4H2,1-3H3/b8-5-. The first-order chi connectivity index (χ1) is 11.5. The largest absolute Gasteiger partial charge is 0.481 e. The Morgan fingerprint density at radius 2 is 1.92 bits per heavy atom. The number of methoxy groups -OCH3 is 1. The third-order valence-electron chi connectivity index (χ3n) is 3.75. The van der Waals surface area contributed by atoms with E-state index >= 15 is 0 Å². The van der Waals surface area contributed by atoms with E-state index in [0.717, 1.165) is 17.7 Å². The molecule has 124 valence electrons. The molecule has 0 fully saturated rings. The van der Waals surface area contributed by atoms with E-state index < -0.39 is 0 Å². The average molecular weight is 363 g/mol. The Kier molecular flexibility index (Phi) is 4.78. The van der Waals surface area contributed by atoms with Crippen LogP contribution in [-0.2, 0) is 6.42 Å². The number of pyridine rings is 1. The summed E-state index contributed by atoms with van der Waals surface area (Å²) in [5.74, 6) is 0.980. The van der Waals surface area contributed by atoms with Crippen LogP contribution in [-0.4, -0.2) is 17.1 Å². The van der Waals surface area contributed by atoms with Crippen LogP contribution < -0.4 is 4.74 Å². The summed E-state index contributed by atoms with van der Waals surface area (Å²) in [5.41, 5.74) is 4.02. The molecule has 0 saturated heterocycles. The lowest BCUT2D eigenvalue weighted by atomic mass is 10.1. The molecule has 6 heteroatoms. The molecule has 0 aliphatic heterocycles. The van der Waals surface area contributed by atoms with Gasteiger partial charge >= 0.3 is 0 Å². The fourth-order valence-electron chi connectivity index (χ4n) is 2.48. The van der Waals surface area contributed by atoms with Gasteiger partial charge in [-0.3, -0.25) is 0 Å². The molecule has 2 heterocycles. The van der Waals surface area contributed by atoms with E-state index in [4.69, 9.17) is 32.4 Å². The summed E-state index contributed by atoms with van der Waals surface area (Å²) >= 11 is 12.2. The van der Waals surface area contributed by atoms with Crippen molar-refractivity contribution in [2.75, 3.05) is 7.11 Å². The first-order valence-electron chi connectivity index (χ1n) is 7.50. The highest BCUT2D eigenvalue weighted by molar-refractivity contribution is 6.39. The lowest BCUT2D eigenvalue weighted by Crippen LogP contribution is -1.97. The highest BCUT2D eigenvalue weighted by Crippen LogP contribution is 2.31. The summed E-state index contributed by atoms with van der Waals surface area (Å²) in [5, 5.41) is 0.977. The van der Waals surface area contributed by atoms with Crippen LogP contribution in [0.5, 0.6) is 5.88 Å². The number of rotatable bonds is 4. The fourth-order valence-corrected chi connectivity index (χ4v) is 2.86. The summed E-state index contributed by atoms with van der Waals surface area (Å²) in [7, 11) is 1.60. The second kappa shape index (κ2) is 6.83. The zero-order chi connectivity index (χ0) is 17.3. The van der Waals surface area contributed by atoms with Crippen molar-refractivity contribution < 1.29 is 9.15 Å². The van der Waals surface area contributed by atoms with Gasteiger partial charge in [0, 0.05) is 17.3 Å². The van der Waals surface area contributed by atoms with Crippen molar-refractivity contribution in [2.45, 2.75) is 20.3 Å². The van der Waals surface area contributed by atoms with Gasteiger partial charge in [-0.05, 0) is 43.2 Å². The van der Waals surface area contributed by atoms with Gasteiger partial charge in [-0.25, -0.2) is 9.97 Å². The number of nitrogens with zero attached hydrogens (tertiary/aromatic N) is 2. The quantitative estimate of drug-likeness (QED) is 0.607. The summed E-state index contributed by atoms with van der Waals surface area (Å²) in [6, 6.07) is 5.44. The van der Waals surface area contributed by atoms with Crippen LogP contribution in [0.1, 0.15) is 29.6 Å². The van der Waals surface area contributed by atoms with Crippen molar-refractivity contribution >= 4 is 46.5 Å². The molecular formula is C18H16Cl2N2O2. The van der Waals surface area contributed by atoms with Crippen LogP contribution in [0.3, 0.4) is 0 Å². The number of aromatic nitrogens is 2. The molecule has 4 nitrogen and oxygen atoms in total. The van der Waals surface area contributed by atoms with Gasteiger partial charge in [0.05, 0.1) is 17.2 Å². The third kappa shape index (κ3) is 3.12. The van der Waals surface area contributed by atoms with E-state index in [-0.39, 0.29) is 0 Å². The Labute approximate surface area is 150 Å². The highest BCUT2D eigenvalue weighted by Gasteiger charge is 2.11. The number of halogens is 2. The minimum atomic E-state index is 0.417. The van der Waals surface area contributed by atoms with Crippen LogP contribution >= 0.6 is 23.2 Å². The number of hydrogen-bond donors (Lipinski definition) is 0. The molecule has 0 saturated carbocycles. The van der Waals surface area contributed by atoms with E-state index in [1.165, 1.54) is 5.56 Å². The van der Waals surface area contributed by atoms with Crippen molar-refractivity contribution in [1.82, 2.24) is 9.97 Å². The number of fused-ring (bicyclic) bond motifs is 1. The second-order valence-electron chi connectivity index (χ2n) is 5.28. The minimum absolute atomic E-state index is 0.417. The predicted octanol–water partition coefficient (Wildman–Crippen LogP) is 5.58. The van der Waals surface area contributed by atoms with Crippen LogP contribution in [0.2, 0.25) is 10.0 Å². The van der Waals surface area contributed by atoms with Gasteiger partial charge in [-0.15, -0.1) is 0 Å². The molecule has 0 bridgehead atoms. The molecule has 3 aromatic rings. The van der Waals surface area contributed by atoms with Crippen molar-refractivity contribution in [2.24, 2.45) is 0 Å². The lowest BCUT2D eigenvalue weighted by molar-refractivity contribution is 0.395. The molecule has 24 heavy (non-hydrogen) atoms. The monoisotopic (exact) mass is 362 g/mol. The van der Waals surface area contributed by atoms with Gasteiger partial charge < -0.3 is 9.15 Å². The Morgan fingerprint density at radius 3 is 2.58 bits per heavy atom. The van der Waals surface area contributed by atoms with Gasteiger partial charge in [-0.1, -0.05) is 30.1 Å². The molecule has 0 spiro atoms. The Hall–Kier alpha value is -2.04. The van der Waals surface area contributed by atoms with Crippen LogP contribution in [0.15, 0.2) is 22.6 Å². The van der Waals surface area contributed by atoms with Crippen molar-refractivity contribution in [3.63, 3.8) is 0 Å². The maximum Gasteiger partial charge on any atom is 0.220 e. The Bertz CT molecular complexity index is 893. The number of hydrogen-bond acceptors (Lipinski definition) is 4. The number of aryl methyl sites for hydroxylation is 2. The van der Waals surface area contributed by atoms with E-state index in [9.17, 15) is 0 Å². The number of oxazole rings is 1. The molecular weight excluding hydrogens is 347 g/mol. The highest BCUT2D eigenvalue weighted by atomic mass is 35.5. The number of benzene rings is 1. The first kappa shape index (κ1) is 16.8. The van der Waals surface area contributed by atoms with Crippen LogP contribution in [0.25, 0.3) is 23.3 Å².